The lowest BCUT2D eigenvalue weighted by Crippen LogP contribution is -2.32. The van der Waals surface area contributed by atoms with Crippen molar-refractivity contribution in [3.8, 4) is 17.1 Å². The third kappa shape index (κ3) is 3.10. The second kappa shape index (κ2) is 6.57. The lowest BCUT2D eigenvalue weighted by atomic mass is 10.0. The Morgan fingerprint density at radius 2 is 1.96 bits per heavy atom. The third-order valence-electron chi connectivity index (χ3n) is 4.39. The number of amides is 1. The van der Waals surface area contributed by atoms with Gasteiger partial charge in [-0.1, -0.05) is 0 Å². The van der Waals surface area contributed by atoms with Gasteiger partial charge in [-0.25, -0.2) is 9.97 Å². The number of carbonyl (C=O) groups excluding carboxylic acids is 1. The highest BCUT2D eigenvalue weighted by atomic mass is 16.5. The van der Waals surface area contributed by atoms with E-state index in [1.54, 1.807) is 24.4 Å². The van der Waals surface area contributed by atoms with Crippen LogP contribution in [0.3, 0.4) is 0 Å². The minimum absolute atomic E-state index is 0.0582. The van der Waals surface area contributed by atoms with Gasteiger partial charge < -0.3 is 15.4 Å². The molecule has 1 aromatic carbocycles. The van der Waals surface area contributed by atoms with Gasteiger partial charge in [-0.05, 0) is 43.5 Å². The van der Waals surface area contributed by atoms with Gasteiger partial charge in [0, 0.05) is 37.1 Å². The number of aryl methyl sites for hydroxylation is 2. The minimum Gasteiger partial charge on any atom is -0.496 e. The zero-order valence-electron chi connectivity index (χ0n) is 14.2. The van der Waals surface area contributed by atoms with Gasteiger partial charge in [0.25, 0.3) is 5.91 Å². The molecule has 1 unspecified atom stereocenters. The van der Waals surface area contributed by atoms with E-state index in [2.05, 4.69) is 9.97 Å². The number of aromatic nitrogens is 2. The van der Waals surface area contributed by atoms with Crippen LogP contribution in [0.4, 0.5) is 0 Å². The summed E-state index contributed by atoms with van der Waals surface area (Å²) in [5.74, 6) is 1.39. The van der Waals surface area contributed by atoms with Crippen LogP contribution >= 0.6 is 0 Å². The molecule has 24 heavy (non-hydrogen) atoms. The Hall–Kier alpha value is -2.47. The van der Waals surface area contributed by atoms with Gasteiger partial charge in [-0.15, -0.1) is 0 Å². The summed E-state index contributed by atoms with van der Waals surface area (Å²) in [7, 11) is 1.66. The van der Waals surface area contributed by atoms with Gasteiger partial charge in [0.05, 0.1) is 12.7 Å². The second-order valence-corrected chi connectivity index (χ2v) is 6.23. The van der Waals surface area contributed by atoms with E-state index in [0.29, 0.717) is 24.5 Å². The second-order valence-electron chi connectivity index (χ2n) is 6.23. The highest BCUT2D eigenvalue weighted by Crippen LogP contribution is 2.28. The fourth-order valence-corrected chi connectivity index (χ4v) is 2.98. The largest absolute Gasteiger partial charge is 0.496 e. The van der Waals surface area contributed by atoms with Crippen LogP contribution in [0.2, 0.25) is 0 Å². The van der Waals surface area contributed by atoms with Gasteiger partial charge in [0.2, 0.25) is 0 Å². The first-order valence-corrected chi connectivity index (χ1v) is 8.02. The van der Waals surface area contributed by atoms with Gasteiger partial charge in [0.1, 0.15) is 5.75 Å². The van der Waals surface area contributed by atoms with Gasteiger partial charge in [-0.3, -0.25) is 4.79 Å². The maximum Gasteiger partial charge on any atom is 0.257 e. The molecule has 0 aliphatic carbocycles. The fraction of sp³-hybridized carbons (Fsp3) is 0.389. The number of rotatable bonds is 3. The minimum atomic E-state index is -0.0582. The van der Waals surface area contributed by atoms with Crippen LogP contribution in [0.1, 0.15) is 27.9 Å². The standard InChI is InChI=1S/C18H22N4O2/c1-11-7-16(24-3)12(2)6-15(11)17-20-8-13(9-21-17)18(23)22-5-4-14(19)10-22/h6-9,14H,4-5,10,19H2,1-3H3. The van der Waals surface area contributed by atoms with Crippen molar-refractivity contribution in [2.75, 3.05) is 20.2 Å². The molecular formula is C18H22N4O2. The molecule has 1 fully saturated rings. The van der Waals surface area contributed by atoms with Crippen LogP contribution in [0.25, 0.3) is 11.4 Å². The molecule has 0 spiro atoms. The van der Waals surface area contributed by atoms with E-state index in [1.165, 1.54) is 0 Å². The van der Waals surface area contributed by atoms with Crippen LogP contribution in [0, 0.1) is 13.8 Å². The number of hydrogen-bond donors (Lipinski definition) is 1. The molecule has 2 aromatic rings. The zero-order chi connectivity index (χ0) is 17.3. The maximum absolute atomic E-state index is 12.4. The summed E-state index contributed by atoms with van der Waals surface area (Å²) in [6, 6.07) is 4.04. The van der Waals surface area contributed by atoms with Crippen molar-refractivity contribution in [1.82, 2.24) is 14.9 Å². The average Bonchev–Trinajstić information content (AvgIpc) is 3.02. The number of methoxy groups -OCH3 is 1. The Balaban J connectivity index is 1.85. The molecule has 1 saturated heterocycles. The molecule has 1 aliphatic rings. The molecule has 126 valence electrons. The van der Waals surface area contributed by atoms with Crippen molar-refractivity contribution in [2.24, 2.45) is 5.73 Å². The van der Waals surface area contributed by atoms with E-state index < -0.39 is 0 Å². The van der Waals surface area contributed by atoms with Crippen LogP contribution in [0.15, 0.2) is 24.5 Å². The Kier molecular flexibility index (Phi) is 4.49. The van der Waals surface area contributed by atoms with E-state index in [9.17, 15) is 4.79 Å². The molecular weight excluding hydrogens is 304 g/mol. The Bertz CT molecular complexity index is 758. The molecule has 0 bridgehead atoms. The first kappa shape index (κ1) is 16.4. The summed E-state index contributed by atoms with van der Waals surface area (Å²) in [5.41, 5.74) is 9.35. The lowest BCUT2D eigenvalue weighted by Gasteiger charge is -2.15. The molecule has 1 aromatic heterocycles. The molecule has 2 heterocycles. The topological polar surface area (TPSA) is 81.3 Å². The van der Waals surface area contributed by atoms with Crippen LogP contribution < -0.4 is 10.5 Å². The molecule has 6 nitrogen and oxygen atoms in total. The number of nitrogens with zero attached hydrogens (tertiary/aromatic N) is 3. The van der Waals surface area contributed by atoms with E-state index in [4.69, 9.17) is 10.5 Å². The molecule has 2 N–H and O–H groups in total. The Morgan fingerprint density at radius 1 is 1.25 bits per heavy atom. The van der Waals surface area contributed by atoms with Crippen molar-refractivity contribution in [3.05, 3.63) is 41.2 Å². The molecule has 1 aliphatic heterocycles. The van der Waals surface area contributed by atoms with E-state index in [1.807, 2.05) is 26.0 Å². The van der Waals surface area contributed by atoms with Crippen LogP contribution in [-0.4, -0.2) is 47.0 Å². The fourth-order valence-electron chi connectivity index (χ4n) is 2.98. The summed E-state index contributed by atoms with van der Waals surface area (Å²) >= 11 is 0. The first-order chi connectivity index (χ1) is 11.5. The van der Waals surface area contributed by atoms with Gasteiger partial charge in [0.15, 0.2) is 5.82 Å². The average molecular weight is 326 g/mol. The number of likely N-dealkylation sites (tertiary alicyclic amines) is 1. The third-order valence-corrected chi connectivity index (χ3v) is 4.39. The van der Waals surface area contributed by atoms with Gasteiger partial charge in [-0.2, -0.15) is 0 Å². The van der Waals surface area contributed by atoms with Gasteiger partial charge >= 0.3 is 0 Å². The highest BCUT2D eigenvalue weighted by molar-refractivity contribution is 5.94. The normalized spacial score (nSPS) is 17.2. The predicted molar refractivity (Wildman–Crippen MR) is 92.0 cm³/mol. The molecule has 0 radical (unpaired) electrons. The molecule has 1 atom stereocenters. The van der Waals surface area contributed by atoms with E-state index >= 15 is 0 Å². The number of carbonyl (C=O) groups is 1. The summed E-state index contributed by atoms with van der Waals surface area (Å²) in [6.07, 6.45) is 4.02. The SMILES string of the molecule is COc1cc(C)c(-c2ncc(C(=O)N3CCC(N)C3)cn2)cc1C. The van der Waals surface area contributed by atoms with Crippen molar-refractivity contribution in [1.29, 1.82) is 0 Å². The molecule has 3 rings (SSSR count). The molecule has 1 amide bonds. The number of nitrogens with two attached hydrogens (primary N) is 1. The van der Waals surface area contributed by atoms with Crippen molar-refractivity contribution in [3.63, 3.8) is 0 Å². The van der Waals surface area contributed by atoms with Crippen molar-refractivity contribution >= 4 is 5.91 Å². The maximum atomic E-state index is 12.4. The van der Waals surface area contributed by atoms with Crippen LogP contribution in [-0.2, 0) is 0 Å². The molecule has 0 saturated carbocycles. The quantitative estimate of drug-likeness (QED) is 0.932. The smallest absolute Gasteiger partial charge is 0.257 e. The summed E-state index contributed by atoms with van der Waals surface area (Å²) in [5, 5.41) is 0. The lowest BCUT2D eigenvalue weighted by molar-refractivity contribution is 0.0790. The summed E-state index contributed by atoms with van der Waals surface area (Å²) < 4.78 is 5.33. The van der Waals surface area contributed by atoms with E-state index in [0.717, 1.165) is 28.9 Å². The number of hydrogen-bond acceptors (Lipinski definition) is 5. The Morgan fingerprint density at radius 3 is 2.54 bits per heavy atom. The van der Waals surface area contributed by atoms with Crippen molar-refractivity contribution < 1.29 is 9.53 Å². The monoisotopic (exact) mass is 326 g/mol. The molecule has 6 heteroatoms. The first-order valence-electron chi connectivity index (χ1n) is 8.02. The zero-order valence-corrected chi connectivity index (χ0v) is 14.2. The predicted octanol–water partition coefficient (Wildman–Crippen LogP) is 1.94. The highest BCUT2D eigenvalue weighted by Gasteiger charge is 2.25. The Labute approximate surface area is 141 Å². The van der Waals surface area contributed by atoms with Crippen molar-refractivity contribution in [2.45, 2.75) is 26.3 Å². The summed E-state index contributed by atoms with van der Waals surface area (Å²) in [4.78, 5) is 22.9. The number of benzene rings is 1. The van der Waals surface area contributed by atoms with E-state index in [-0.39, 0.29) is 11.9 Å². The summed E-state index contributed by atoms with van der Waals surface area (Å²) in [6.45, 7) is 5.26. The van der Waals surface area contributed by atoms with Crippen LogP contribution in [0.5, 0.6) is 5.75 Å². The number of ether oxygens (including phenoxy) is 1.